The van der Waals surface area contributed by atoms with E-state index in [1.807, 2.05) is 73.0 Å². The average Bonchev–Trinajstić information content (AvgIpc) is 3.42. The van der Waals surface area contributed by atoms with Crippen LogP contribution in [0.15, 0.2) is 111 Å². The summed E-state index contributed by atoms with van der Waals surface area (Å²) in [7, 11) is 1.56. The Labute approximate surface area is 295 Å². The Kier molecular flexibility index (Phi) is 10.4. The molecule has 1 aliphatic rings. The number of aromatic nitrogens is 1. The molecular formula is C37H30Cl2N2O5S2. The van der Waals surface area contributed by atoms with Crippen LogP contribution >= 0.6 is 46.3 Å². The molecule has 48 heavy (non-hydrogen) atoms. The number of hydrogen-bond donors (Lipinski definition) is 0. The minimum absolute atomic E-state index is 0.182. The minimum atomic E-state index is -0.750. The molecule has 0 bridgehead atoms. The number of rotatable bonds is 10. The van der Waals surface area contributed by atoms with E-state index in [2.05, 4.69) is 0 Å². The fraction of sp³-hybridized carbons (Fsp3) is 0.162. The molecule has 1 aliphatic heterocycles. The molecule has 0 amide bonds. The van der Waals surface area contributed by atoms with Crippen LogP contribution in [0.2, 0.25) is 10.0 Å². The van der Waals surface area contributed by atoms with Gasteiger partial charge in [-0.1, -0.05) is 89.1 Å². The van der Waals surface area contributed by atoms with Gasteiger partial charge >= 0.3 is 5.97 Å². The van der Waals surface area contributed by atoms with Crippen LogP contribution in [-0.2, 0) is 16.1 Å². The van der Waals surface area contributed by atoms with Crippen molar-refractivity contribution < 1.29 is 19.0 Å². The second-order valence-corrected chi connectivity index (χ2v) is 13.4. The Hall–Kier alpha value is -4.28. The van der Waals surface area contributed by atoms with E-state index in [1.165, 1.54) is 11.3 Å². The van der Waals surface area contributed by atoms with Crippen LogP contribution in [0.5, 0.6) is 11.5 Å². The van der Waals surface area contributed by atoms with Crippen LogP contribution in [0.25, 0.3) is 11.8 Å². The summed E-state index contributed by atoms with van der Waals surface area (Å²) in [5.74, 6) is 0.510. The topological polar surface area (TPSA) is 79.1 Å². The van der Waals surface area contributed by atoms with E-state index >= 15 is 0 Å². The highest BCUT2D eigenvalue weighted by atomic mass is 35.5. The molecule has 0 saturated heterocycles. The molecule has 2 heterocycles. The van der Waals surface area contributed by atoms with Crippen molar-refractivity contribution in [3.05, 3.63) is 149 Å². The lowest BCUT2D eigenvalue weighted by Gasteiger charge is -2.26. The van der Waals surface area contributed by atoms with Gasteiger partial charge in [0, 0.05) is 10.5 Å². The van der Waals surface area contributed by atoms with Gasteiger partial charge in [-0.25, -0.2) is 9.79 Å². The Morgan fingerprint density at radius 2 is 1.75 bits per heavy atom. The molecule has 0 unspecified atom stereocenters. The third-order valence-electron chi connectivity index (χ3n) is 7.67. The number of esters is 1. The number of carbonyl (C=O) groups excluding carboxylic acids is 1. The molecular weight excluding hydrogens is 687 g/mol. The summed E-state index contributed by atoms with van der Waals surface area (Å²) in [5.41, 5.74) is 3.63. The molecule has 4 aromatic carbocycles. The van der Waals surface area contributed by atoms with Gasteiger partial charge in [-0.3, -0.25) is 9.36 Å². The number of carbonyl (C=O) groups is 1. The number of benzene rings is 4. The van der Waals surface area contributed by atoms with E-state index < -0.39 is 12.0 Å². The van der Waals surface area contributed by atoms with Crippen LogP contribution in [0.4, 0.5) is 0 Å². The van der Waals surface area contributed by atoms with Crippen molar-refractivity contribution in [3.63, 3.8) is 0 Å². The van der Waals surface area contributed by atoms with E-state index in [4.69, 9.17) is 42.4 Å². The maximum absolute atomic E-state index is 14.3. The van der Waals surface area contributed by atoms with Gasteiger partial charge in [0.25, 0.3) is 5.56 Å². The molecule has 244 valence electrons. The van der Waals surface area contributed by atoms with Gasteiger partial charge in [0.05, 0.1) is 45.6 Å². The summed E-state index contributed by atoms with van der Waals surface area (Å²) in [6, 6.07) is 27.4. The summed E-state index contributed by atoms with van der Waals surface area (Å²) in [6.45, 7) is 2.20. The Balaban J connectivity index is 1.45. The molecule has 11 heteroatoms. The first-order valence-corrected chi connectivity index (χ1v) is 17.8. The zero-order chi connectivity index (χ0) is 33.8. The highest BCUT2D eigenvalue weighted by molar-refractivity contribution is 7.98. The maximum atomic E-state index is 14.3. The molecule has 1 atom stereocenters. The molecule has 0 radical (unpaired) electrons. The smallest absolute Gasteiger partial charge is 0.338 e. The third-order valence-corrected chi connectivity index (χ3v) is 10.1. The van der Waals surface area contributed by atoms with Crippen molar-refractivity contribution in [1.82, 2.24) is 4.57 Å². The lowest BCUT2D eigenvalue weighted by atomic mass is 9.93. The number of methoxy groups -OCH3 is 1. The Morgan fingerprint density at radius 1 is 0.979 bits per heavy atom. The van der Waals surface area contributed by atoms with Crippen LogP contribution in [0, 0.1) is 0 Å². The van der Waals surface area contributed by atoms with Gasteiger partial charge in [-0.05, 0) is 72.3 Å². The van der Waals surface area contributed by atoms with Gasteiger partial charge < -0.3 is 14.2 Å². The van der Waals surface area contributed by atoms with Crippen molar-refractivity contribution in [3.8, 4) is 11.5 Å². The molecule has 0 aliphatic carbocycles. The number of thiazole rings is 1. The molecule has 0 saturated carbocycles. The Morgan fingerprint density at radius 3 is 2.44 bits per heavy atom. The number of halogens is 2. The van der Waals surface area contributed by atoms with E-state index in [1.54, 1.807) is 60.7 Å². The quantitative estimate of drug-likeness (QED) is 0.110. The molecule has 1 aromatic heterocycles. The van der Waals surface area contributed by atoms with E-state index in [0.717, 1.165) is 27.1 Å². The predicted molar refractivity (Wildman–Crippen MR) is 193 cm³/mol. The molecule has 0 spiro atoms. The number of nitrogens with zero attached hydrogens (tertiary/aromatic N) is 2. The van der Waals surface area contributed by atoms with Crippen molar-refractivity contribution in [1.29, 1.82) is 0 Å². The Bertz CT molecular complexity index is 2200. The summed E-state index contributed by atoms with van der Waals surface area (Å²) in [6.07, 6.45) is 3.79. The van der Waals surface area contributed by atoms with Crippen molar-refractivity contribution in [2.24, 2.45) is 4.99 Å². The first-order valence-electron chi connectivity index (χ1n) is 15.0. The largest absolute Gasteiger partial charge is 0.493 e. The molecule has 7 nitrogen and oxygen atoms in total. The van der Waals surface area contributed by atoms with E-state index in [0.29, 0.717) is 42.1 Å². The molecule has 5 aromatic rings. The van der Waals surface area contributed by atoms with Crippen LogP contribution in [0.3, 0.4) is 0 Å². The summed E-state index contributed by atoms with van der Waals surface area (Å²) >= 11 is 15.1. The second-order valence-electron chi connectivity index (χ2n) is 10.7. The van der Waals surface area contributed by atoms with Gasteiger partial charge in [0.15, 0.2) is 16.3 Å². The summed E-state index contributed by atoms with van der Waals surface area (Å²) in [5, 5.41) is 0.923. The highest BCUT2D eigenvalue weighted by Gasteiger charge is 2.35. The van der Waals surface area contributed by atoms with Crippen molar-refractivity contribution in [2.75, 3.05) is 20.0 Å². The SMILES string of the molecule is CCOC(=O)C1=C(c2ccccc2)N=c2s/c(=C\c3ccc(OCc4ccc(Cl)c(Cl)c4)c(OC)c3)c(=O)n2[C@H]1c1ccc(SC)cc1. The fourth-order valence-electron chi connectivity index (χ4n) is 5.38. The lowest BCUT2D eigenvalue weighted by Crippen LogP contribution is -2.40. The first kappa shape index (κ1) is 33.6. The van der Waals surface area contributed by atoms with E-state index in [-0.39, 0.29) is 18.8 Å². The number of thioether (sulfide) groups is 1. The van der Waals surface area contributed by atoms with E-state index in [9.17, 15) is 9.59 Å². The zero-order valence-electron chi connectivity index (χ0n) is 26.2. The lowest BCUT2D eigenvalue weighted by molar-refractivity contribution is -0.138. The van der Waals surface area contributed by atoms with Gasteiger partial charge in [0.2, 0.25) is 0 Å². The third kappa shape index (κ3) is 6.96. The summed E-state index contributed by atoms with van der Waals surface area (Å²) in [4.78, 5) is 34.4. The van der Waals surface area contributed by atoms with Crippen molar-refractivity contribution in [2.45, 2.75) is 24.5 Å². The van der Waals surface area contributed by atoms with Crippen molar-refractivity contribution >= 4 is 64.0 Å². The van der Waals surface area contributed by atoms with Gasteiger partial charge in [-0.2, -0.15) is 0 Å². The number of ether oxygens (including phenoxy) is 3. The number of fused-ring (bicyclic) bond motifs is 1. The fourth-order valence-corrected chi connectivity index (χ4v) is 7.11. The first-order chi connectivity index (χ1) is 23.3. The highest BCUT2D eigenvalue weighted by Crippen LogP contribution is 2.36. The summed E-state index contributed by atoms with van der Waals surface area (Å²) < 4.78 is 19.3. The van der Waals surface area contributed by atoms with Gasteiger partial charge in [-0.15, -0.1) is 11.8 Å². The second kappa shape index (κ2) is 14.9. The maximum Gasteiger partial charge on any atom is 0.338 e. The average molecular weight is 718 g/mol. The van der Waals surface area contributed by atoms with Crippen LogP contribution in [0.1, 0.15) is 35.2 Å². The molecule has 6 rings (SSSR count). The normalized spacial score (nSPS) is 14.4. The minimum Gasteiger partial charge on any atom is -0.493 e. The molecule has 0 N–H and O–H groups in total. The molecule has 0 fully saturated rings. The zero-order valence-corrected chi connectivity index (χ0v) is 29.4. The van der Waals surface area contributed by atoms with Gasteiger partial charge in [0.1, 0.15) is 6.61 Å². The predicted octanol–water partition coefficient (Wildman–Crippen LogP) is 7.55. The monoisotopic (exact) mass is 716 g/mol. The number of hydrogen-bond acceptors (Lipinski definition) is 8. The van der Waals surface area contributed by atoms with Crippen LogP contribution < -0.4 is 24.4 Å². The standard InChI is InChI=1S/C37H30Cl2N2O5S2/c1-4-45-36(43)32-33(24-8-6-5-7-9-24)40-37-41(34(32)25-12-14-26(47-3)15-13-25)35(42)31(48-37)20-22-11-17-29(30(19-22)44-2)46-21-23-10-16-27(38)28(39)18-23/h5-20,34H,4,21H2,1-3H3/b31-20-/t34-/m0/s1. The van der Waals surface area contributed by atoms with Crippen LogP contribution in [-0.4, -0.2) is 30.5 Å².